The van der Waals surface area contributed by atoms with Crippen LogP contribution in [0.2, 0.25) is 0 Å². The molecule has 0 amide bonds. The monoisotopic (exact) mass is 296 g/mol. The van der Waals surface area contributed by atoms with Crippen LogP contribution in [-0.4, -0.2) is 44.6 Å². The number of fused-ring (bicyclic) bond motifs is 1. The van der Waals surface area contributed by atoms with Crippen molar-refractivity contribution in [2.24, 2.45) is 0 Å². The maximum absolute atomic E-state index is 11.6. The van der Waals surface area contributed by atoms with E-state index < -0.39 is 9.84 Å². The van der Waals surface area contributed by atoms with E-state index in [1.54, 1.807) is 7.11 Å². The first-order valence-electron chi connectivity index (χ1n) is 6.43. The van der Waals surface area contributed by atoms with Crippen molar-refractivity contribution in [1.29, 1.82) is 0 Å². The van der Waals surface area contributed by atoms with Crippen molar-refractivity contribution in [3.8, 4) is 5.75 Å². The third-order valence-electron chi connectivity index (χ3n) is 3.37. The Morgan fingerprint density at radius 1 is 1.50 bits per heavy atom. The van der Waals surface area contributed by atoms with E-state index in [9.17, 15) is 8.42 Å². The minimum atomic E-state index is -2.95. The Hall–Kier alpha value is -1.60. The molecule has 1 unspecified atom stereocenters. The molecule has 0 radical (unpaired) electrons. The zero-order valence-electron chi connectivity index (χ0n) is 11.1. The Morgan fingerprint density at radius 3 is 3.10 bits per heavy atom. The van der Waals surface area contributed by atoms with E-state index in [1.165, 1.54) is 0 Å². The number of nitrogens with zero attached hydrogens (tertiary/aromatic N) is 1. The summed E-state index contributed by atoms with van der Waals surface area (Å²) in [6, 6.07) is 5.32. The molecule has 1 fully saturated rings. The molecule has 7 heteroatoms. The summed E-state index contributed by atoms with van der Waals surface area (Å²) in [7, 11) is -1.37. The lowest BCUT2D eigenvalue weighted by molar-refractivity contribution is 0.419. The fourth-order valence-electron chi connectivity index (χ4n) is 2.43. The van der Waals surface area contributed by atoms with Crippen molar-refractivity contribution < 1.29 is 17.6 Å². The average Bonchev–Trinajstić information content (AvgIpc) is 2.79. The fourth-order valence-corrected chi connectivity index (χ4v) is 3.87. The normalized spacial score (nSPS) is 21.9. The fraction of sp³-hybridized carbons (Fsp3) is 0.462. The summed E-state index contributed by atoms with van der Waals surface area (Å²) >= 11 is 0. The molecule has 1 saturated heterocycles. The zero-order valence-corrected chi connectivity index (χ0v) is 11.9. The molecular formula is C13H16N2O4S. The van der Waals surface area contributed by atoms with E-state index in [0.717, 1.165) is 0 Å². The lowest BCUT2D eigenvalue weighted by Gasteiger charge is -2.22. The van der Waals surface area contributed by atoms with E-state index in [-0.39, 0.29) is 17.5 Å². The summed E-state index contributed by atoms with van der Waals surface area (Å²) < 4.78 is 34.1. The predicted molar refractivity (Wildman–Crippen MR) is 74.7 cm³/mol. The van der Waals surface area contributed by atoms with Crippen molar-refractivity contribution >= 4 is 20.9 Å². The Balaban J connectivity index is 1.84. The molecule has 0 bridgehead atoms. The van der Waals surface area contributed by atoms with Gasteiger partial charge < -0.3 is 14.5 Å². The average molecular weight is 296 g/mol. The van der Waals surface area contributed by atoms with Crippen LogP contribution in [0, 0.1) is 0 Å². The van der Waals surface area contributed by atoms with Gasteiger partial charge in [0.2, 0.25) is 0 Å². The Kier molecular flexibility index (Phi) is 3.39. The molecule has 1 aliphatic rings. The molecular weight excluding hydrogens is 280 g/mol. The first kappa shape index (κ1) is 13.4. The molecule has 0 aliphatic carbocycles. The number of benzene rings is 1. The van der Waals surface area contributed by atoms with Gasteiger partial charge in [-0.2, -0.15) is 0 Å². The zero-order chi connectivity index (χ0) is 14.2. The van der Waals surface area contributed by atoms with Crippen LogP contribution in [0.4, 0.5) is 0 Å². The topological polar surface area (TPSA) is 81.4 Å². The van der Waals surface area contributed by atoms with Gasteiger partial charge in [-0.25, -0.2) is 13.4 Å². The molecule has 1 aromatic carbocycles. The third kappa shape index (κ3) is 2.64. The summed E-state index contributed by atoms with van der Waals surface area (Å²) in [5.41, 5.74) is 1.32. The second-order valence-corrected chi connectivity index (χ2v) is 7.11. The van der Waals surface area contributed by atoms with Gasteiger partial charge in [0, 0.05) is 19.0 Å². The van der Waals surface area contributed by atoms with Gasteiger partial charge in [0.25, 0.3) is 0 Å². The van der Waals surface area contributed by atoms with E-state index in [0.29, 0.717) is 35.7 Å². The number of aromatic nitrogens is 1. The molecule has 1 aliphatic heterocycles. The lowest BCUT2D eigenvalue weighted by atomic mass is 10.2. The van der Waals surface area contributed by atoms with Crippen LogP contribution in [0.3, 0.4) is 0 Å². The number of hydrogen-bond acceptors (Lipinski definition) is 6. The first-order valence-corrected chi connectivity index (χ1v) is 8.26. The Morgan fingerprint density at radius 2 is 2.35 bits per heavy atom. The van der Waals surface area contributed by atoms with Crippen LogP contribution >= 0.6 is 0 Å². The van der Waals surface area contributed by atoms with Crippen molar-refractivity contribution in [1.82, 2.24) is 10.3 Å². The maximum Gasteiger partial charge on any atom is 0.197 e. The maximum atomic E-state index is 11.6. The van der Waals surface area contributed by atoms with Gasteiger partial charge in [0.15, 0.2) is 26.8 Å². The SMILES string of the molecule is COc1cccc2oc(CC3CS(=O)(=O)CCN3)nc12. The van der Waals surface area contributed by atoms with Crippen LogP contribution in [0.1, 0.15) is 5.89 Å². The summed E-state index contributed by atoms with van der Waals surface area (Å²) in [5, 5.41) is 3.19. The first-order chi connectivity index (χ1) is 9.57. The largest absolute Gasteiger partial charge is 0.494 e. The van der Waals surface area contributed by atoms with Crippen molar-refractivity contribution in [2.45, 2.75) is 12.5 Å². The Labute approximate surface area is 117 Å². The van der Waals surface area contributed by atoms with Crippen molar-refractivity contribution in [3.05, 3.63) is 24.1 Å². The second kappa shape index (κ2) is 5.06. The summed E-state index contributed by atoms with van der Waals surface area (Å²) in [6.45, 7) is 0.483. The summed E-state index contributed by atoms with van der Waals surface area (Å²) in [4.78, 5) is 4.40. The van der Waals surface area contributed by atoms with Crippen LogP contribution < -0.4 is 10.1 Å². The highest BCUT2D eigenvalue weighted by Crippen LogP contribution is 2.26. The molecule has 6 nitrogen and oxygen atoms in total. The van der Waals surface area contributed by atoms with Gasteiger partial charge in [-0.15, -0.1) is 0 Å². The molecule has 1 N–H and O–H groups in total. The van der Waals surface area contributed by atoms with Gasteiger partial charge in [0.1, 0.15) is 5.75 Å². The van der Waals surface area contributed by atoms with Crippen LogP contribution in [0.5, 0.6) is 5.75 Å². The van der Waals surface area contributed by atoms with E-state index in [1.807, 2.05) is 18.2 Å². The molecule has 2 heterocycles. The molecule has 0 spiro atoms. The molecule has 1 atom stereocenters. The Bertz CT molecular complexity index is 723. The molecule has 1 aromatic heterocycles. The highest BCUT2D eigenvalue weighted by Gasteiger charge is 2.26. The summed E-state index contributed by atoms with van der Waals surface area (Å²) in [5.74, 6) is 1.51. The number of sulfone groups is 1. The minimum Gasteiger partial charge on any atom is -0.494 e. The van der Waals surface area contributed by atoms with Crippen molar-refractivity contribution in [2.75, 3.05) is 25.2 Å². The van der Waals surface area contributed by atoms with E-state index >= 15 is 0 Å². The number of oxazole rings is 1. The van der Waals surface area contributed by atoms with Gasteiger partial charge in [0.05, 0.1) is 18.6 Å². The number of rotatable bonds is 3. The quantitative estimate of drug-likeness (QED) is 0.901. The van der Waals surface area contributed by atoms with E-state index in [4.69, 9.17) is 9.15 Å². The molecule has 20 heavy (non-hydrogen) atoms. The summed E-state index contributed by atoms with van der Waals surface area (Å²) in [6.07, 6.45) is 0.455. The van der Waals surface area contributed by atoms with Gasteiger partial charge in [-0.05, 0) is 12.1 Å². The number of para-hydroxylation sites is 1. The highest BCUT2D eigenvalue weighted by molar-refractivity contribution is 7.91. The number of ether oxygens (including phenoxy) is 1. The smallest absolute Gasteiger partial charge is 0.197 e. The lowest BCUT2D eigenvalue weighted by Crippen LogP contribution is -2.46. The van der Waals surface area contributed by atoms with Crippen molar-refractivity contribution in [3.63, 3.8) is 0 Å². The molecule has 3 rings (SSSR count). The van der Waals surface area contributed by atoms with Gasteiger partial charge in [-0.1, -0.05) is 6.07 Å². The number of hydrogen-bond donors (Lipinski definition) is 1. The number of nitrogens with one attached hydrogen (secondary N) is 1. The van der Waals surface area contributed by atoms with Gasteiger partial charge >= 0.3 is 0 Å². The third-order valence-corrected chi connectivity index (χ3v) is 5.10. The minimum absolute atomic E-state index is 0.128. The molecule has 108 valence electrons. The van der Waals surface area contributed by atoms with Crippen LogP contribution in [0.15, 0.2) is 22.6 Å². The highest BCUT2D eigenvalue weighted by atomic mass is 32.2. The number of methoxy groups -OCH3 is 1. The van der Waals surface area contributed by atoms with Crippen LogP contribution in [-0.2, 0) is 16.3 Å². The van der Waals surface area contributed by atoms with E-state index in [2.05, 4.69) is 10.3 Å². The predicted octanol–water partition coefficient (Wildman–Crippen LogP) is 0.765. The van der Waals surface area contributed by atoms with Crippen LogP contribution in [0.25, 0.3) is 11.1 Å². The standard InChI is InChI=1S/C13H16N2O4S/c1-18-10-3-2-4-11-13(10)15-12(19-11)7-9-8-20(16,17)6-5-14-9/h2-4,9,14H,5-8H2,1H3. The second-order valence-electron chi connectivity index (χ2n) is 4.88. The molecule has 2 aromatic rings. The molecule has 0 saturated carbocycles. The van der Waals surface area contributed by atoms with Gasteiger partial charge in [-0.3, -0.25) is 0 Å².